The smallest absolute Gasteiger partial charge is 0.290 e. The van der Waals surface area contributed by atoms with E-state index in [9.17, 15) is 10.1 Å². The highest BCUT2D eigenvalue weighted by Gasteiger charge is 2.22. The van der Waals surface area contributed by atoms with Gasteiger partial charge in [-0.05, 0) is 19.4 Å². The maximum absolute atomic E-state index is 10.7. The summed E-state index contributed by atoms with van der Waals surface area (Å²) in [5.41, 5.74) is 0.690. The summed E-state index contributed by atoms with van der Waals surface area (Å²) in [5.74, 6) is 0.753. The molecule has 0 aliphatic carbocycles. The molecular weight excluding hydrogens is 222 g/mol. The number of nitrogens with zero attached hydrogens (tertiary/aromatic N) is 3. The summed E-state index contributed by atoms with van der Waals surface area (Å²) < 4.78 is 5.31. The Morgan fingerprint density at radius 2 is 2.41 bits per heavy atom. The molecule has 0 amide bonds. The van der Waals surface area contributed by atoms with E-state index >= 15 is 0 Å². The Bertz CT molecular complexity index is 430. The number of hydrogen-bond acceptors (Lipinski definition) is 5. The first-order valence-corrected chi connectivity index (χ1v) is 5.51. The van der Waals surface area contributed by atoms with Crippen LogP contribution in [0.5, 0.6) is 0 Å². The van der Waals surface area contributed by atoms with E-state index in [4.69, 9.17) is 4.74 Å². The fourth-order valence-corrected chi connectivity index (χ4v) is 1.93. The molecule has 1 aromatic heterocycles. The Kier molecular flexibility index (Phi) is 3.23. The lowest BCUT2D eigenvalue weighted by Gasteiger charge is -2.24. The minimum absolute atomic E-state index is 0.0600. The number of anilines is 1. The Balaban J connectivity index is 2.21. The molecule has 1 atom stereocenters. The molecule has 1 aliphatic rings. The van der Waals surface area contributed by atoms with Crippen molar-refractivity contribution in [3.8, 4) is 0 Å². The summed E-state index contributed by atoms with van der Waals surface area (Å²) in [7, 11) is 1.94. The van der Waals surface area contributed by atoms with Crippen LogP contribution in [-0.2, 0) is 4.74 Å². The van der Waals surface area contributed by atoms with Crippen LogP contribution in [0.2, 0.25) is 0 Å². The van der Waals surface area contributed by atoms with Gasteiger partial charge in [0, 0.05) is 19.2 Å². The number of pyridine rings is 1. The minimum atomic E-state index is -0.412. The van der Waals surface area contributed by atoms with Crippen molar-refractivity contribution in [1.82, 2.24) is 4.98 Å². The maximum Gasteiger partial charge on any atom is 0.290 e. The second kappa shape index (κ2) is 4.67. The number of likely N-dealkylation sites (N-methyl/N-ethyl adjacent to an activating group) is 1. The monoisotopic (exact) mass is 237 g/mol. The summed E-state index contributed by atoms with van der Waals surface area (Å²) >= 11 is 0. The molecule has 6 nitrogen and oxygen atoms in total. The van der Waals surface area contributed by atoms with Gasteiger partial charge in [0.05, 0.1) is 17.6 Å². The molecule has 1 aromatic rings. The zero-order valence-electron chi connectivity index (χ0n) is 9.92. The highest BCUT2D eigenvalue weighted by molar-refractivity contribution is 5.48. The molecule has 0 saturated carbocycles. The molecule has 1 aliphatic heterocycles. The van der Waals surface area contributed by atoms with Gasteiger partial charge in [0.25, 0.3) is 5.69 Å². The summed E-state index contributed by atoms with van der Waals surface area (Å²) in [5, 5.41) is 10.7. The predicted molar refractivity (Wildman–Crippen MR) is 63.3 cm³/mol. The van der Waals surface area contributed by atoms with Crippen molar-refractivity contribution < 1.29 is 9.66 Å². The first-order valence-electron chi connectivity index (χ1n) is 5.51. The Morgan fingerprint density at radius 1 is 1.65 bits per heavy atom. The zero-order chi connectivity index (χ0) is 12.4. The van der Waals surface area contributed by atoms with Crippen LogP contribution < -0.4 is 4.90 Å². The third-order valence-electron chi connectivity index (χ3n) is 3.08. The van der Waals surface area contributed by atoms with Crippen LogP contribution in [0.3, 0.4) is 0 Å². The van der Waals surface area contributed by atoms with Gasteiger partial charge in [0.1, 0.15) is 12.0 Å². The lowest BCUT2D eigenvalue weighted by molar-refractivity contribution is -0.385. The van der Waals surface area contributed by atoms with E-state index < -0.39 is 4.92 Å². The van der Waals surface area contributed by atoms with Crippen LogP contribution >= 0.6 is 0 Å². The molecule has 17 heavy (non-hydrogen) atoms. The van der Waals surface area contributed by atoms with Gasteiger partial charge >= 0.3 is 0 Å². The number of nitro groups is 1. The average molecular weight is 237 g/mol. The normalized spacial score (nSPS) is 19.3. The van der Waals surface area contributed by atoms with Crippen molar-refractivity contribution in [2.75, 3.05) is 25.2 Å². The second-order valence-corrected chi connectivity index (χ2v) is 4.21. The molecule has 1 fully saturated rings. The van der Waals surface area contributed by atoms with Gasteiger partial charge in [-0.2, -0.15) is 0 Å². The van der Waals surface area contributed by atoms with E-state index in [0.717, 1.165) is 18.8 Å². The standard InChI is InChI=1S/C11H15N3O3/c1-8-5-11(12-6-10(8)14(15)16)13(2)9-3-4-17-7-9/h5-6,9H,3-4,7H2,1-2H3. The van der Waals surface area contributed by atoms with Crippen molar-refractivity contribution in [3.63, 3.8) is 0 Å². The summed E-state index contributed by atoms with van der Waals surface area (Å²) in [4.78, 5) is 16.4. The quantitative estimate of drug-likeness (QED) is 0.589. The number of aryl methyl sites for hydroxylation is 1. The van der Waals surface area contributed by atoms with Gasteiger partial charge in [0.2, 0.25) is 0 Å². The van der Waals surface area contributed by atoms with Gasteiger partial charge in [-0.3, -0.25) is 10.1 Å². The molecule has 2 rings (SSSR count). The zero-order valence-corrected chi connectivity index (χ0v) is 9.92. The first-order chi connectivity index (χ1) is 8.09. The van der Waals surface area contributed by atoms with Crippen molar-refractivity contribution in [2.45, 2.75) is 19.4 Å². The molecule has 0 spiro atoms. The van der Waals surface area contributed by atoms with E-state index in [-0.39, 0.29) is 5.69 Å². The average Bonchev–Trinajstić information content (AvgIpc) is 2.80. The molecule has 2 heterocycles. The summed E-state index contributed by atoms with van der Waals surface area (Å²) in [6.07, 6.45) is 2.28. The van der Waals surface area contributed by atoms with Crippen LogP contribution in [0.15, 0.2) is 12.3 Å². The third-order valence-corrected chi connectivity index (χ3v) is 3.08. The molecule has 1 unspecified atom stereocenters. The van der Waals surface area contributed by atoms with E-state index in [1.165, 1.54) is 6.20 Å². The Morgan fingerprint density at radius 3 is 2.94 bits per heavy atom. The van der Waals surface area contributed by atoms with Gasteiger partial charge in [-0.15, -0.1) is 0 Å². The van der Waals surface area contributed by atoms with Gasteiger partial charge in [-0.25, -0.2) is 4.98 Å². The largest absolute Gasteiger partial charge is 0.379 e. The molecule has 6 heteroatoms. The molecule has 0 bridgehead atoms. The third kappa shape index (κ3) is 2.36. The van der Waals surface area contributed by atoms with Crippen LogP contribution in [0.25, 0.3) is 0 Å². The fraction of sp³-hybridized carbons (Fsp3) is 0.545. The summed E-state index contributed by atoms with van der Waals surface area (Å²) in [6.45, 7) is 3.18. The van der Waals surface area contributed by atoms with Crippen LogP contribution in [0.4, 0.5) is 11.5 Å². The van der Waals surface area contributed by atoms with Gasteiger partial charge < -0.3 is 9.64 Å². The van der Waals surface area contributed by atoms with Crippen molar-refractivity contribution >= 4 is 11.5 Å². The topological polar surface area (TPSA) is 68.5 Å². The molecule has 0 N–H and O–H groups in total. The Hall–Kier alpha value is -1.69. The van der Waals surface area contributed by atoms with Gasteiger partial charge in [0.15, 0.2) is 0 Å². The SMILES string of the molecule is Cc1cc(N(C)C2CCOC2)ncc1[N+](=O)[O-]. The number of rotatable bonds is 3. The molecule has 0 radical (unpaired) electrons. The van der Waals surface area contributed by atoms with Crippen molar-refractivity contribution in [2.24, 2.45) is 0 Å². The fourth-order valence-electron chi connectivity index (χ4n) is 1.93. The lowest BCUT2D eigenvalue weighted by Crippen LogP contribution is -2.32. The van der Waals surface area contributed by atoms with Crippen LogP contribution in [0, 0.1) is 17.0 Å². The van der Waals surface area contributed by atoms with Crippen molar-refractivity contribution in [3.05, 3.63) is 27.9 Å². The molecular formula is C11H15N3O3. The van der Waals surface area contributed by atoms with Gasteiger partial charge in [-0.1, -0.05) is 0 Å². The van der Waals surface area contributed by atoms with Crippen molar-refractivity contribution in [1.29, 1.82) is 0 Å². The second-order valence-electron chi connectivity index (χ2n) is 4.21. The number of aromatic nitrogens is 1. The van der Waals surface area contributed by atoms with E-state index in [2.05, 4.69) is 4.98 Å². The molecule has 92 valence electrons. The summed E-state index contributed by atoms with van der Waals surface area (Å²) in [6, 6.07) is 2.06. The predicted octanol–water partition coefficient (Wildman–Crippen LogP) is 1.52. The lowest BCUT2D eigenvalue weighted by atomic mass is 10.2. The molecule has 1 saturated heterocycles. The van der Waals surface area contributed by atoms with E-state index in [1.807, 2.05) is 11.9 Å². The highest BCUT2D eigenvalue weighted by Crippen LogP contribution is 2.23. The first kappa shape index (κ1) is 11.8. The Labute approximate surface area is 99.4 Å². The highest BCUT2D eigenvalue weighted by atomic mass is 16.6. The molecule has 0 aromatic carbocycles. The number of ether oxygens (including phenoxy) is 1. The minimum Gasteiger partial charge on any atom is -0.379 e. The van der Waals surface area contributed by atoms with Crippen LogP contribution in [0.1, 0.15) is 12.0 Å². The number of hydrogen-bond donors (Lipinski definition) is 0. The van der Waals surface area contributed by atoms with E-state index in [0.29, 0.717) is 18.2 Å². The van der Waals surface area contributed by atoms with E-state index in [1.54, 1.807) is 13.0 Å². The van der Waals surface area contributed by atoms with Crippen LogP contribution in [-0.4, -0.2) is 36.2 Å². The maximum atomic E-state index is 10.7.